The average Bonchev–Trinajstić information content (AvgIpc) is 3.70. The van der Waals surface area contributed by atoms with E-state index in [1.807, 2.05) is 60.7 Å². The fourth-order valence-electron chi connectivity index (χ4n) is 9.05. The molecule has 12 rings (SSSR count). The van der Waals surface area contributed by atoms with E-state index in [2.05, 4.69) is 168 Å². The highest BCUT2D eigenvalue weighted by atomic mass is 15.0. The van der Waals surface area contributed by atoms with E-state index in [1.54, 1.807) is 0 Å². The second-order valence-electron chi connectivity index (χ2n) is 15.8. The maximum atomic E-state index is 5.28. The van der Waals surface area contributed by atoms with E-state index in [-0.39, 0.29) is 0 Å². The second kappa shape index (κ2) is 15.2. The lowest BCUT2D eigenvalue weighted by molar-refractivity contribution is 1.07. The zero-order valence-corrected chi connectivity index (χ0v) is 34.1. The van der Waals surface area contributed by atoms with Crippen LogP contribution in [0.4, 0.5) is 0 Å². The predicted octanol–water partition coefficient (Wildman–Crippen LogP) is 14.7. The Hall–Kier alpha value is -8.54. The molecule has 0 aliphatic heterocycles. The molecule has 9 aromatic carbocycles. The van der Waals surface area contributed by atoms with E-state index in [9.17, 15) is 0 Å². The number of hydrogen-bond donors (Lipinski definition) is 0. The topological polar surface area (TPSA) is 56.5 Å². The Morgan fingerprint density at radius 1 is 0.286 bits per heavy atom. The molecule has 294 valence electrons. The number of aromatic nitrogens is 5. The smallest absolute Gasteiger partial charge is 0.164 e. The Bertz CT molecular complexity index is 3600. The summed E-state index contributed by atoms with van der Waals surface area (Å²) in [5.74, 6) is 1.91. The summed E-state index contributed by atoms with van der Waals surface area (Å²) in [5.41, 5.74) is 13.7. The monoisotopic (exact) mass is 803 g/mol. The molecule has 0 saturated carbocycles. The van der Waals surface area contributed by atoms with Crippen LogP contribution in [0.1, 0.15) is 0 Å². The van der Waals surface area contributed by atoms with E-state index in [1.165, 1.54) is 16.2 Å². The van der Waals surface area contributed by atoms with Crippen molar-refractivity contribution in [1.82, 2.24) is 24.5 Å². The summed E-state index contributed by atoms with van der Waals surface area (Å²) in [6.45, 7) is 0. The van der Waals surface area contributed by atoms with Crippen molar-refractivity contribution in [2.24, 2.45) is 0 Å². The van der Waals surface area contributed by atoms with Crippen LogP contribution in [0, 0.1) is 0 Å². The molecule has 63 heavy (non-hydrogen) atoms. The number of hydrogen-bond acceptors (Lipinski definition) is 4. The molecule has 0 bridgehead atoms. The summed E-state index contributed by atoms with van der Waals surface area (Å²) in [4.78, 5) is 20.2. The molecule has 0 spiro atoms. The predicted molar refractivity (Wildman–Crippen MR) is 260 cm³/mol. The first-order valence-corrected chi connectivity index (χ1v) is 21.2. The third kappa shape index (κ3) is 6.42. The van der Waals surface area contributed by atoms with E-state index in [4.69, 9.17) is 19.9 Å². The number of rotatable bonds is 7. The third-order valence-corrected chi connectivity index (χ3v) is 12.0. The van der Waals surface area contributed by atoms with Crippen molar-refractivity contribution in [3.8, 4) is 73.4 Å². The highest BCUT2D eigenvalue weighted by Gasteiger charge is 2.21. The molecule has 0 radical (unpaired) electrons. The molecule has 12 aromatic rings. The van der Waals surface area contributed by atoms with Crippen LogP contribution in [0.3, 0.4) is 0 Å². The van der Waals surface area contributed by atoms with Gasteiger partial charge < -0.3 is 4.57 Å². The van der Waals surface area contributed by atoms with Crippen LogP contribution in [-0.4, -0.2) is 24.5 Å². The van der Waals surface area contributed by atoms with Crippen LogP contribution < -0.4 is 0 Å². The summed E-state index contributed by atoms with van der Waals surface area (Å²) in [6, 6.07) is 78.8. The van der Waals surface area contributed by atoms with Crippen molar-refractivity contribution in [2.45, 2.75) is 0 Å². The van der Waals surface area contributed by atoms with Crippen LogP contribution in [0.5, 0.6) is 0 Å². The Labute approximate surface area is 364 Å². The highest BCUT2D eigenvalue weighted by molar-refractivity contribution is 6.21. The van der Waals surface area contributed by atoms with E-state index >= 15 is 0 Å². The van der Waals surface area contributed by atoms with Crippen LogP contribution >= 0.6 is 0 Å². The highest BCUT2D eigenvalue weighted by Crippen LogP contribution is 2.43. The van der Waals surface area contributed by atoms with Crippen molar-refractivity contribution < 1.29 is 0 Å². The Morgan fingerprint density at radius 2 is 0.778 bits per heavy atom. The van der Waals surface area contributed by atoms with Gasteiger partial charge in [0.2, 0.25) is 0 Å². The van der Waals surface area contributed by atoms with E-state index in [0.29, 0.717) is 17.5 Å². The summed E-state index contributed by atoms with van der Waals surface area (Å²) >= 11 is 0. The molecule has 0 fully saturated rings. The maximum Gasteiger partial charge on any atom is 0.164 e. The summed E-state index contributed by atoms with van der Waals surface area (Å²) in [6.07, 6.45) is 0. The van der Waals surface area contributed by atoms with Gasteiger partial charge in [-0.1, -0.05) is 182 Å². The molecule has 3 heterocycles. The van der Waals surface area contributed by atoms with E-state index < -0.39 is 0 Å². The molecule has 0 aliphatic rings. The van der Waals surface area contributed by atoms with Gasteiger partial charge in [0.05, 0.1) is 22.2 Å². The Morgan fingerprint density at radius 3 is 1.44 bits per heavy atom. The van der Waals surface area contributed by atoms with Gasteiger partial charge in [0.15, 0.2) is 17.5 Å². The van der Waals surface area contributed by atoms with Gasteiger partial charge in [-0.3, -0.25) is 0 Å². The fraction of sp³-hybridized carbons (Fsp3) is 0. The van der Waals surface area contributed by atoms with Gasteiger partial charge in [0.25, 0.3) is 0 Å². The second-order valence-corrected chi connectivity index (χ2v) is 15.8. The van der Waals surface area contributed by atoms with Crippen molar-refractivity contribution in [3.63, 3.8) is 0 Å². The maximum absolute atomic E-state index is 5.28. The largest absolute Gasteiger partial charge is 0.309 e. The molecular weight excluding hydrogens is 767 g/mol. The van der Waals surface area contributed by atoms with Gasteiger partial charge in [-0.2, -0.15) is 0 Å². The summed E-state index contributed by atoms with van der Waals surface area (Å²) in [5, 5.41) is 5.85. The van der Waals surface area contributed by atoms with Gasteiger partial charge in [-0.25, -0.2) is 19.9 Å². The molecule has 5 nitrogen and oxygen atoms in total. The Balaban J connectivity index is 1.04. The molecule has 0 aliphatic carbocycles. The van der Waals surface area contributed by atoms with Crippen LogP contribution in [-0.2, 0) is 0 Å². The SMILES string of the molecule is c1ccc(-c2nc(-c3ccccc3)nc(-c3cccc(-c4cccc(-c5cccc6c7cc8c(cc7n(-c7ccccc7)c56)c(-c5ccccc5)nc5ccccc58)c4)c3)n2)cc1. The molecule has 0 saturated heterocycles. The van der Waals surface area contributed by atoms with E-state index in [0.717, 1.165) is 83.2 Å². The quantitative estimate of drug-likeness (QED) is 0.151. The Kier molecular flexibility index (Phi) is 8.75. The molecule has 0 N–H and O–H groups in total. The van der Waals surface area contributed by atoms with Crippen LogP contribution in [0.2, 0.25) is 0 Å². The van der Waals surface area contributed by atoms with Gasteiger partial charge in [0, 0.05) is 55.0 Å². The van der Waals surface area contributed by atoms with Gasteiger partial charge >= 0.3 is 0 Å². The minimum absolute atomic E-state index is 0.628. The average molecular weight is 804 g/mol. The zero-order valence-electron chi connectivity index (χ0n) is 34.1. The minimum Gasteiger partial charge on any atom is -0.309 e. The number of pyridine rings is 1. The van der Waals surface area contributed by atoms with Gasteiger partial charge in [-0.15, -0.1) is 0 Å². The molecular formula is C58H37N5. The molecule has 5 heteroatoms. The van der Waals surface area contributed by atoms with Crippen molar-refractivity contribution in [2.75, 3.05) is 0 Å². The first-order chi connectivity index (χ1) is 31.2. The number of fused-ring (bicyclic) bond motifs is 6. The lowest BCUT2D eigenvalue weighted by Crippen LogP contribution is -2.00. The van der Waals surface area contributed by atoms with Crippen LogP contribution in [0.15, 0.2) is 224 Å². The first-order valence-electron chi connectivity index (χ1n) is 21.2. The van der Waals surface area contributed by atoms with Crippen molar-refractivity contribution in [3.05, 3.63) is 224 Å². The molecule has 0 unspecified atom stereocenters. The summed E-state index contributed by atoms with van der Waals surface area (Å²) < 4.78 is 2.44. The molecule has 0 atom stereocenters. The standard InChI is InChI=1S/C58H37N5/c1-5-18-38(19-6-1)54-51-37-53-50(36-49(51)47-30-13-14-33-52(47)59-54)48-32-17-31-46(55(48)63(53)45-28-11-4-12-29-45)43-26-15-24-41(34-43)42-25-16-27-44(35-42)58-61-56(39-20-7-2-8-21-39)60-57(62-58)40-22-9-3-10-23-40/h1-37H. The number of para-hydroxylation sites is 3. The lowest BCUT2D eigenvalue weighted by atomic mass is 9.96. The number of nitrogens with zero attached hydrogens (tertiary/aromatic N) is 5. The van der Waals surface area contributed by atoms with Crippen LogP contribution in [0.25, 0.3) is 117 Å². The fourth-order valence-corrected chi connectivity index (χ4v) is 9.05. The summed E-state index contributed by atoms with van der Waals surface area (Å²) in [7, 11) is 0. The normalized spacial score (nSPS) is 11.5. The van der Waals surface area contributed by atoms with Crippen molar-refractivity contribution >= 4 is 43.5 Å². The third-order valence-electron chi connectivity index (χ3n) is 12.0. The minimum atomic E-state index is 0.628. The number of benzene rings is 9. The van der Waals surface area contributed by atoms with Gasteiger partial charge in [0.1, 0.15) is 0 Å². The molecule has 0 amide bonds. The zero-order chi connectivity index (χ0) is 41.7. The van der Waals surface area contributed by atoms with Gasteiger partial charge in [-0.05, 0) is 64.5 Å². The van der Waals surface area contributed by atoms with Crippen molar-refractivity contribution in [1.29, 1.82) is 0 Å². The lowest BCUT2D eigenvalue weighted by Gasteiger charge is -2.14. The first kappa shape index (κ1) is 36.3. The molecule has 3 aromatic heterocycles.